The highest BCUT2D eigenvalue weighted by molar-refractivity contribution is 8.22. The number of carbonyl (C=O) groups is 1. The first-order chi connectivity index (χ1) is 12.3. The molecule has 25 heavy (non-hydrogen) atoms. The van der Waals surface area contributed by atoms with Crippen molar-refractivity contribution in [2.24, 2.45) is 5.92 Å². The third kappa shape index (κ3) is 6.30. The minimum atomic E-state index is -0.167. The molecule has 3 rings (SSSR count). The van der Waals surface area contributed by atoms with Gasteiger partial charge in [0.05, 0.1) is 0 Å². The average Bonchev–Trinajstić information content (AvgIpc) is 2.68. The van der Waals surface area contributed by atoms with Gasteiger partial charge in [-0.05, 0) is 55.1 Å². The predicted octanol–water partition coefficient (Wildman–Crippen LogP) is 5.53. The summed E-state index contributed by atoms with van der Waals surface area (Å²) >= 11 is 4.02. The van der Waals surface area contributed by atoms with E-state index in [-0.39, 0.29) is 6.09 Å². The van der Waals surface area contributed by atoms with Crippen LogP contribution in [0, 0.1) is 5.92 Å². The molecule has 1 aromatic carbocycles. The highest BCUT2D eigenvalue weighted by atomic mass is 32.2. The van der Waals surface area contributed by atoms with Crippen LogP contribution in [-0.2, 0) is 11.3 Å². The summed E-state index contributed by atoms with van der Waals surface area (Å²) < 4.78 is 6.96. The Bertz CT molecular complexity index is 560. The highest BCUT2D eigenvalue weighted by Crippen LogP contribution is 2.35. The number of ether oxygens (including phenoxy) is 1. The van der Waals surface area contributed by atoms with Crippen LogP contribution in [0.1, 0.15) is 37.7 Å². The highest BCUT2D eigenvalue weighted by Gasteiger charge is 2.23. The van der Waals surface area contributed by atoms with Crippen LogP contribution in [0.3, 0.4) is 0 Å². The number of hydrogen-bond acceptors (Lipinski definition) is 4. The zero-order valence-electron chi connectivity index (χ0n) is 14.7. The van der Waals surface area contributed by atoms with Crippen molar-refractivity contribution in [3.8, 4) is 0 Å². The van der Waals surface area contributed by atoms with E-state index in [0.29, 0.717) is 6.61 Å². The number of allylic oxidation sites excluding steroid dienone is 1. The van der Waals surface area contributed by atoms with Gasteiger partial charge in [-0.1, -0.05) is 36.4 Å². The Morgan fingerprint density at radius 3 is 2.60 bits per heavy atom. The number of likely N-dealkylation sites (tertiary alicyclic amines) is 1. The molecule has 0 N–H and O–H groups in total. The van der Waals surface area contributed by atoms with Gasteiger partial charge in [0.15, 0.2) is 0 Å². The van der Waals surface area contributed by atoms with Crippen molar-refractivity contribution in [1.82, 2.24) is 4.90 Å². The van der Waals surface area contributed by atoms with Crippen molar-refractivity contribution >= 4 is 29.6 Å². The molecule has 3 nitrogen and oxygen atoms in total. The molecule has 0 atom stereocenters. The molecule has 0 aromatic heterocycles. The van der Waals surface area contributed by atoms with E-state index in [2.05, 4.69) is 6.08 Å². The van der Waals surface area contributed by atoms with Crippen LogP contribution in [0.25, 0.3) is 0 Å². The number of amides is 1. The van der Waals surface area contributed by atoms with E-state index in [4.69, 9.17) is 4.74 Å². The Morgan fingerprint density at radius 1 is 1.16 bits per heavy atom. The molecule has 0 aliphatic carbocycles. The van der Waals surface area contributed by atoms with E-state index >= 15 is 0 Å². The van der Waals surface area contributed by atoms with E-state index in [1.54, 1.807) is 0 Å². The number of piperidine rings is 1. The monoisotopic (exact) mass is 377 g/mol. The SMILES string of the molecule is O=C(OCc1ccccc1)N1CCC(CCC=C2SCCCS2)CC1. The van der Waals surface area contributed by atoms with E-state index in [1.807, 2.05) is 58.8 Å². The Morgan fingerprint density at radius 2 is 1.88 bits per heavy atom. The average molecular weight is 378 g/mol. The topological polar surface area (TPSA) is 29.5 Å². The van der Waals surface area contributed by atoms with Gasteiger partial charge < -0.3 is 9.64 Å². The largest absolute Gasteiger partial charge is 0.445 e. The standard InChI is InChI=1S/C20H27NO2S2/c22-20(23-16-18-6-2-1-3-7-18)21-12-10-17(11-13-21)8-4-9-19-24-14-5-15-25-19/h1-3,6-7,9,17H,4-5,8,10-16H2. The molecule has 2 saturated heterocycles. The molecule has 0 spiro atoms. The van der Waals surface area contributed by atoms with E-state index in [1.165, 1.54) is 35.0 Å². The van der Waals surface area contributed by atoms with Crippen molar-refractivity contribution in [3.63, 3.8) is 0 Å². The number of benzene rings is 1. The van der Waals surface area contributed by atoms with Crippen LogP contribution in [0.15, 0.2) is 40.6 Å². The summed E-state index contributed by atoms with van der Waals surface area (Å²) in [5.41, 5.74) is 1.04. The van der Waals surface area contributed by atoms with Gasteiger partial charge in [-0.2, -0.15) is 0 Å². The zero-order chi connectivity index (χ0) is 17.3. The van der Waals surface area contributed by atoms with E-state index in [0.717, 1.165) is 37.4 Å². The second kappa shape index (κ2) is 10.2. The molecular weight excluding hydrogens is 350 g/mol. The number of nitrogens with zero attached hydrogens (tertiary/aromatic N) is 1. The van der Waals surface area contributed by atoms with Crippen LogP contribution in [-0.4, -0.2) is 35.6 Å². The van der Waals surface area contributed by atoms with Crippen LogP contribution >= 0.6 is 23.5 Å². The summed E-state index contributed by atoms with van der Waals surface area (Å²) in [6, 6.07) is 9.87. The molecular formula is C20H27NO2S2. The predicted molar refractivity (Wildman–Crippen MR) is 108 cm³/mol. The normalized spacial score (nSPS) is 18.9. The van der Waals surface area contributed by atoms with Gasteiger partial charge in [0.2, 0.25) is 0 Å². The molecule has 1 amide bonds. The summed E-state index contributed by atoms with van der Waals surface area (Å²) in [7, 11) is 0. The first-order valence-electron chi connectivity index (χ1n) is 9.22. The van der Waals surface area contributed by atoms with Crippen LogP contribution < -0.4 is 0 Å². The fourth-order valence-corrected chi connectivity index (χ4v) is 5.68. The Balaban J connectivity index is 1.33. The molecule has 2 heterocycles. The first-order valence-corrected chi connectivity index (χ1v) is 11.2. The fourth-order valence-electron chi connectivity index (χ4n) is 3.22. The van der Waals surface area contributed by atoms with Crippen molar-refractivity contribution in [2.45, 2.75) is 38.7 Å². The summed E-state index contributed by atoms with van der Waals surface area (Å²) in [5.74, 6) is 3.30. The van der Waals surface area contributed by atoms with Gasteiger partial charge in [-0.3, -0.25) is 0 Å². The molecule has 136 valence electrons. The van der Waals surface area contributed by atoms with Gasteiger partial charge in [0, 0.05) is 17.3 Å². The van der Waals surface area contributed by atoms with E-state index in [9.17, 15) is 4.79 Å². The number of carbonyl (C=O) groups excluding carboxylic acids is 1. The van der Waals surface area contributed by atoms with Crippen molar-refractivity contribution in [1.29, 1.82) is 0 Å². The van der Waals surface area contributed by atoms with Gasteiger partial charge in [0.25, 0.3) is 0 Å². The molecule has 2 aliphatic rings. The quantitative estimate of drug-likeness (QED) is 0.675. The van der Waals surface area contributed by atoms with Crippen LogP contribution in [0.4, 0.5) is 4.79 Å². The van der Waals surface area contributed by atoms with Crippen LogP contribution in [0.5, 0.6) is 0 Å². The fraction of sp³-hybridized carbons (Fsp3) is 0.550. The number of hydrogen-bond donors (Lipinski definition) is 0. The van der Waals surface area contributed by atoms with E-state index < -0.39 is 0 Å². The third-order valence-electron chi connectivity index (χ3n) is 4.74. The maximum atomic E-state index is 12.2. The molecule has 2 fully saturated rings. The minimum absolute atomic E-state index is 0.167. The van der Waals surface area contributed by atoms with Gasteiger partial charge in [-0.25, -0.2) is 4.79 Å². The maximum Gasteiger partial charge on any atom is 0.410 e. The number of rotatable bonds is 5. The lowest BCUT2D eigenvalue weighted by Crippen LogP contribution is -2.38. The summed E-state index contributed by atoms with van der Waals surface area (Å²) in [4.78, 5) is 14.1. The number of thioether (sulfide) groups is 2. The van der Waals surface area contributed by atoms with Crippen molar-refractivity contribution in [3.05, 3.63) is 46.2 Å². The molecule has 1 aromatic rings. The van der Waals surface area contributed by atoms with Crippen LogP contribution in [0.2, 0.25) is 0 Å². The summed E-state index contributed by atoms with van der Waals surface area (Å²) in [6.07, 6.45) is 8.23. The van der Waals surface area contributed by atoms with Crippen molar-refractivity contribution < 1.29 is 9.53 Å². The second-order valence-electron chi connectivity index (χ2n) is 6.62. The lowest BCUT2D eigenvalue weighted by atomic mass is 9.92. The third-order valence-corrected chi connectivity index (χ3v) is 7.34. The maximum absolute atomic E-state index is 12.2. The minimum Gasteiger partial charge on any atom is -0.445 e. The zero-order valence-corrected chi connectivity index (χ0v) is 16.3. The Hall–Kier alpha value is -1.07. The molecule has 0 saturated carbocycles. The molecule has 0 bridgehead atoms. The summed E-state index contributed by atoms with van der Waals surface area (Å²) in [6.45, 7) is 2.03. The molecule has 0 radical (unpaired) electrons. The first kappa shape index (κ1) is 18.7. The smallest absolute Gasteiger partial charge is 0.410 e. The second-order valence-corrected chi connectivity index (χ2v) is 9.15. The van der Waals surface area contributed by atoms with Gasteiger partial charge >= 0.3 is 6.09 Å². The Labute approximate surface area is 159 Å². The Kier molecular flexibility index (Phi) is 7.61. The van der Waals surface area contributed by atoms with Crippen molar-refractivity contribution in [2.75, 3.05) is 24.6 Å². The molecule has 2 aliphatic heterocycles. The van der Waals surface area contributed by atoms with Gasteiger partial charge in [0.1, 0.15) is 6.61 Å². The lowest BCUT2D eigenvalue weighted by molar-refractivity contribution is 0.0816. The summed E-state index contributed by atoms with van der Waals surface area (Å²) in [5, 5.41) is 0. The lowest BCUT2D eigenvalue weighted by Gasteiger charge is -2.31. The van der Waals surface area contributed by atoms with Gasteiger partial charge in [-0.15, -0.1) is 23.5 Å². The molecule has 5 heteroatoms. The molecule has 0 unspecified atom stereocenters.